The van der Waals surface area contributed by atoms with Crippen LogP contribution in [0.25, 0.3) is 11.0 Å². The molecule has 0 fully saturated rings. The van der Waals surface area contributed by atoms with Gasteiger partial charge in [-0.25, -0.2) is 4.39 Å². The second-order valence-electron chi connectivity index (χ2n) is 6.24. The number of benzene rings is 3. The van der Waals surface area contributed by atoms with Crippen LogP contribution < -0.4 is 19.6 Å². The molecule has 0 saturated carbocycles. The SMILES string of the molecule is COc1ccc(Oc2coc3cc(OCc4ccccc4F)ccc3c2=O)cc1. The molecule has 0 aliphatic heterocycles. The van der Waals surface area contributed by atoms with E-state index >= 15 is 0 Å². The standard InChI is InChI=1S/C23H17FO5/c1-26-16-6-8-17(9-7-16)29-22-14-28-21-12-18(10-11-19(21)23(22)25)27-13-15-4-2-3-5-20(15)24/h2-12,14H,13H2,1H3. The van der Waals surface area contributed by atoms with E-state index in [-0.39, 0.29) is 23.6 Å². The first kappa shape index (κ1) is 18.6. The third kappa shape index (κ3) is 4.06. The molecule has 3 aromatic carbocycles. The lowest BCUT2D eigenvalue weighted by Gasteiger charge is -2.09. The van der Waals surface area contributed by atoms with Crippen molar-refractivity contribution in [2.45, 2.75) is 6.61 Å². The summed E-state index contributed by atoms with van der Waals surface area (Å²) in [5, 5.41) is 0.356. The zero-order valence-electron chi connectivity index (χ0n) is 15.6. The van der Waals surface area contributed by atoms with Gasteiger partial charge in [-0.1, -0.05) is 18.2 Å². The molecule has 0 aliphatic carbocycles. The van der Waals surface area contributed by atoms with Gasteiger partial charge in [0.2, 0.25) is 11.2 Å². The van der Waals surface area contributed by atoms with Gasteiger partial charge >= 0.3 is 0 Å². The Labute approximate surface area is 165 Å². The first-order valence-corrected chi connectivity index (χ1v) is 8.88. The number of ether oxygens (including phenoxy) is 3. The number of hydrogen-bond donors (Lipinski definition) is 0. The zero-order chi connectivity index (χ0) is 20.2. The maximum absolute atomic E-state index is 13.7. The molecule has 4 aromatic rings. The van der Waals surface area contributed by atoms with Crippen LogP contribution in [0, 0.1) is 5.82 Å². The summed E-state index contributed by atoms with van der Waals surface area (Å²) in [6.07, 6.45) is 1.26. The average molecular weight is 392 g/mol. The maximum Gasteiger partial charge on any atom is 0.235 e. The topological polar surface area (TPSA) is 57.9 Å². The van der Waals surface area contributed by atoms with Crippen LogP contribution in [0.2, 0.25) is 0 Å². The minimum atomic E-state index is -0.333. The van der Waals surface area contributed by atoms with Crippen LogP contribution >= 0.6 is 0 Å². The molecule has 0 bridgehead atoms. The lowest BCUT2D eigenvalue weighted by Crippen LogP contribution is -2.05. The molecule has 0 radical (unpaired) electrons. The van der Waals surface area contributed by atoms with Crippen LogP contribution in [-0.2, 0) is 6.61 Å². The van der Waals surface area contributed by atoms with Gasteiger partial charge in [-0.3, -0.25) is 4.79 Å². The molecule has 146 valence electrons. The summed E-state index contributed by atoms with van der Waals surface area (Å²) >= 11 is 0. The molecular weight excluding hydrogens is 375 g/mol. The summed E-state index contributed by atoms with van der Waals surface area (Å²) < 4.78 is 35.6. The Morgan fingerprint density at radius 3 is 2.41 bits per heavy atom. The molecule has 0 spiro atoms. The molecule has 0 saturated heterocycles. The molecule has 0 N–H and O–H groups in total. The Morgan fingerprint density at radius 2 is 1.66 bits per heavy atom. The Hall–Kier alpha value is -3.80. The van der Waals surface area contributed by atoms with Crippen molar-refractivity contribution in [3.63, 3.8) is 0 Å². The van der Waals surface area contributed by atoms with Crippen molar-refractivity contribution in [3.8, 4) is 23.0 Å². The number of hydrogen-bond acceptors (Lipinski definition) is 5. The molecule has 4 rings (SSSR count). The van der Waals surface area contributed by atoms with Gasteiger partial charge in [0.25, 0.3) is 0 Å². The number of halogens is 1. The number of fused-ring (bicyclic) bond motifs is 1. The van der Waals surface area contributed by atoms with Crippen molar-refractivity contribution in [2.24, 2.45) is 0 Å². The van der Waals surface area contributed by atoms with Crippen LogP contribution in [0.1, 0.15) is 5.56 Å². The van der Waals surface area contributed by atoms with Crippen LogP contribution in [-0.4, -0.2) is 7.11 Å². The first-order chi connectivity index (χ1) is 14.1. The summed E-state index contributed by atoms with van der Waals surface area (Å²) in [5.74, 6) is 1.38. The van der Waals surface area contributed by atoms with E-state index in [1.807, 2.05) is 0 Å². The van der Waals surface area contributed by atoms with Gasteiger partial charge in [-0.05, 0) is 42.5 Å². The molecule has 0 aliphatic rings. The molecule has 0 atom stereocenters. The Bertz CT molecular complexity index is 1200. The first-order valence-electron chi connectivity index (χ1n) is 8.88. The van der Waals surface area contributed by atoms with Crippen LogP contribution in [0.4, 0.5) is 4.39 Å². The number of rotatable bonds is 6. The van der Waals surface area contributed by atoms with Gasteiger partial charge < -0.3 is 18.6 Å². The summed E-state index contributed by atoms with van der Waals surface area (Å²) in [5.41, 5.74) is 0.489. The lowest BCUT2D eigenvalue weighted by molar-refractivity contribution is 0.300. The molecule has 5 nitrogen and oxygen atoms in total. The van der Waals surface area contributed by atoms with Crippen molar-refractivity contribution in [2.75, 3.05) is 7.11 Å². The third-order valence-corrected chi connectivity index (χ3v) is 4.35. The summed E-state index contributed by atoms with van der Waals surface area (Å²) in [7, 11) is 1.57. The van der Waals surface area contributed by atoms with E-state index in [0.29, 0.717) is 33.8 Å². The maximum atomic E-state index is 13.7. The normalized spacial score (nSPS) is 10.7. The summed E-state index contributed by atoms with van der Waals surface area (Å²) in [6.45, 7) is 0.0705. The minimum absolute atomic E-state index is 0.0705. The predicted molar refractivity (Wildman–Crippen MR) is 106 cm³/mol. The van der Waals surface area contributed by atoms with Gasteiger partial charge in [0.05, 0.1) is 12.5 Å². The second-order valence-corrected chi connectivity index (χ2v) is 6.24. The van der Waals surface area contributed by atoms with Crippen molar-refractivity contribution in [1.82, 2.24) is 0 Å². The van der Waals surface area contributed by atoms with Crippen molar-refractivity contribution >= 4 is 11.0 Å². The van der Waals surface area contributed by atoms with E-state index in [1.165, 1.54) is 12.3 Å². The fourth-order valence-electron chi connectivity index (χ4n) is 2.80. The Balaban J connectivity index is 1.54. The van der Waals surface area contributed by atoms with Gasteiger partial charge in [0.15, 0.2) is 0 Å². The highest BCUT2D eigenvalue weighted by molar-refractivity contribution is 5.79. The van der Waals surface area contributed by atoms with E-state index < -0.39 is 0 Å². The fraction of sp³-hybridized carbons (Fsp3) is 0.0870. The highest BCUT2D eigenvalue weighted by atomic mass is 19.1. The predicted octanol–water partition coefficient (Wildman–Crippen LogP) is 5.31. The van der Waals surface area contributed by atoms with Gasteiger partial charge in [-0.15, -0.1) is 0 Å². The largest absolute Gasteiger partial charge is 0.497 e. The molecule has 6 heteroatoms. The van der Waals surface area contributed by atoms with Gasteiger partial charge in [0, 0.05) is 11.6 Å². The quantitative estimate of drug-likeness (QED) is 0.445. The zero-order valence-corrected chi connectivity index (χ0v) is 15.6. The van der Waals surface area contributed by atoms with Crippen LogP contribution in [0.5, 0.6) is 23.0 Å². The fourth-order valence-corrected chi connectivity index (χ4v) is 2.80. The van der Waals surface area contributed by atoms with E-state index in [4.69, 9.17) is 18.6 Å². The lowest BCUT2D eigenvalue weighted by atomic mass is 10.2. The van der Waals surface area contributed by atoms with Gasteiger partial charge in [-0.2, -0.15) is 0 Å². The highest BCUT2D eigenvalue weighted by Crippen LogP contribution is 2.25. The smallest absolute Gasteiger partial charge is 0.235 e. The average Bonchev–Trinajstić information content (AvgIpc) is 2.75. The molecule has 1 heterocycles. The van der Waals surface area contributed by atoms with E-state index in [2.05, 4.69) is 0 Å². The molecule has 0 unspecified atom stereocenters. The monoisotopic (exact) mass is 392 g/mol. The summed E-state index contributed by atoms with van der Waals surface area (Å²) in [6, 6.07) is 18.1. The molecule has 1 aromatic heterocycles. The molecular formula is C23H17FO5. The minimum Gasteiger partial charge on any atom is -0.497 e. The van der Waals surface area contributed by atoms with Crippen LogP contribution in [0.3, 0.4) is 0 Å². The highest BCUT2D eigenvalue weighted by Gasteiger charge is 2.11. The van der Waals surface area contributed by atoms with E-state index in [0.717, 1.165) is 0 Å². The van der Waals surface area contributed by atoms with E-state index in [1.54, 1.807) is 67.8 Å². The third-order valence-electron chi connectivity index (χ3n) is 4.35. The van der Waals surface area contributed by atoms with Crippen molar-refractivity contribution in [1.29, 1.82) is 0 Å². The summed E-state index contributed by atoms with van der Waals surface area (Å²) in [4.78, 5) is 12.7. The van der Waals surface area contributed by atoms with Crippen molar-refractivity contribution in [3.05, 3.63) is 94.6 Å². The second kappa shape index (κ2) is 8.06. The van der Waals surface area contributed by atoms with E-state index in [9.17, 15) is 9.18 Å². The number of methoxy groups -OCH3 is 1. The Morgan fingerprint density at radius 1 is 0.931 bits per heavy atom. The van der Waals surface area contributed by atoms with Crippen molar-refractivity contribution < 1.29 is 23.0 Å². The Kier molecular flexibility index (Phi) is 5.16. The van der Waals surface area contributed by atoms with Crippen LogP contribution in [0.15, 0.2) is 82.2 Å². The molecule has 29 heavy (non-hydrogen) atoms. The van der Waals surface area contributed by atoms with Gasteiger partial charge in [0.1, 0.15) is 41.5 Å². The molecule has 0 amide bonds.